The molecule has 35 heavy (non-hydrogen) atoms. The van der Waals surface area contributed by atoms with Gasteiger partial charge in [0.15, 0.2) is 0 Å². The molecule has 0 unspecified atom stereocenters. The molecule has 6 atom stereocenters. The number of nitrogens with zero attached hydrogens (tertiary/aromatic N) is 4. The maximum absolute atomic E-state index is 13.2. The highest BCUT2D eigenvalue weighted by Gasteiger charge is 2.59. The topological polar surface area (TPSA) is 56.8 Å². The predicted molar refractivity (Wildman–Crippen MR) is 138 cm³/mol. The van der Waals surface area contributed by atoms with Crippen LogP contribution in [0.1, 0.15) is 32.1 Å². The molecule has 1 aromatic carbocycles. The summed E-state index contributed by atoms with van der Waals surface area (Å²) in [5, 5.41) is 1.27. The Morgan fingerprint density at radius 1 is 0.857 bits per heavy atom. The Kier molecular flexibility index (Phi) is 5.46. The van der Waals surface area contributed by atoms with Crippen LogP contribution >= 0.6 is 11.5 Å². The summed E-state index contributed by atoms with van der Waals surface area (Å²) in [5.74, 6) is 2.91. The number of hydrogen-bond donors (Lipinski definition) is 0. The van der Waals surface area contributed by atoms with Gasteiger partial charge >= 0.3 is 0 Å². The number of anilines is 1. The number of piperazine rings is 1. The van der Waals surface area contributed by atoms with E-state index in [0.29, 0.717) is 30.2 Å². The zero-order chi connectivity index (χ0) is 23.5. The lowest BCUT2D eigenvalue weighted by Gasteiger charge is -2.40. The highest BCUT2D eigenvalue weighted by molar-refractivity contribution is 7.13. The minimum absolute atomic E-state index is 0.0607. The number of imide groups is 1. The van der Waals surface area contributed by atoms with Crippen LogP contribution in [0.2, 0.25) is 0 Å². The molecule has 0 spiro atoms. The van der Waals surface area contributed by atoms with Crippen molar-refractivity contribution in [3.05, 3.63) is 36.4 Å². The third kappa shape index (κ3) is 3.65. The minimum Gasteiger partial charge on any atom is -0.353 e. The second-order valence-electron chi connectivity index (χ2n) is 11.4. The molecule has 1 aromatic heterocycles. The first kappa shape index (κ1) is 22.0. The summed E-state index contributed by atoms with van der Waals surface area (Å²) in [4.78, 5) is 33.2. The van der Waals surface area contributed by atoms with Crippen molar-refractivity contribution in [3.63, 3.8) is 0 Å². The normalized spacial score (nSPS) is 35.0. The van der Waals surface area contributed by atoms with Crippen molar-refractivity contribution < 1.29 is 9.59 Å². The molecule has 4 fully saturated rings. The largest absolute Gasteiger partial charge is 0.353 e. The number of allylic oxidation sites excluding steroid dienone is 2. The molecule has 5 aliphatic rings. The molecule has 2 saturated carbocycles. The van der Waals surface area contributed by atoms with Crippen LogP contribution in [-0.2, 0) is 9.59 Å². The predicted octanol–water partition coefficient (Wildman–Crippen LogP) is 4.03. The Balaban J connectivity index is 0.987. The minimum atomic E-state index is -0.0607. The van der Waals surface area contributed by atoms with Crippen LogP contribution in [-0.4, -0.2) is 65.3 Å². The quantitative estimate of drug-likeness (QED) is 0.468. The smallest absolute Gasteiger partial charge is 0.233 e. The lowest BCUT2D eigenvalue weighted by Crippen LogP contribution is -2.49. The number of aromatic nitrogens is 1. The van der Waals surface area contributed by atoms with Crippen LogP contribution in [0.3, 0.4) is 0 Å². The number of fused-ring (bicyclic) bond motifs is 6. The van der Waals surface area contributed by atoms with Crippen LogP contribution in [0.5, 0.6) is 0 Å². The van der Waals surface area contributed by atoms with Crippen molar-refractivity contribution in [1.82, 2.24) is 14.2 Å². The Morgan fingerprint density at radius 3 is 2.23 bits per heavy atom. The molecule has 2 aliphatic heterocycles. The van der Waals surface area contributed by atoms with E-state index in [9.17, 15) is 9.59 Å². The second kappa shape index (κ2) is 8.70. The van der Waals surface area contributed by atoms with Crippen molar-refractivity contribution in [2.45, 2.75) is 32.1 Å². The van der Waals surface area contributed by atoms with Crippen molar-refractivity contribution >= 4 is 39.3 Å². The van der Waals surface area contributed by atoms with Crippen LogP contribution in [0.4, 0.5) is 5.82 Å². The summed E-state index contributed by atoms with van der Waals surface area (Å²) in [6, 6.07) is 8.52. The molecule has 2 saturated heterocycles. The highest BCUT2D eigenvalue weighted by Crippen LogP contribution is 2.52. The summed E-state index contributed by atoms with van der Waals surface area (Å²) < 4.78 is 6.02. The molecule has 0 radical (unpaired) electrons. The standard InChI is InChI=1S/C28H34N4O2S/c33-27-24-18-9-10-19(15-18)25(24)28(34)32(27)17-21-6-2-1-5-20(21)16-30-11-13-31(14-12-30)26-22-7-3-4-8-23(22)35-29-26/h3-4,7-10,18-21,24-25H,1-2,5-6,11-17H2/t18-,19+,20-,21-,24-,25+/m0/s1. The maximum Gasteiger partial charge on any atom is 0.233 e. The van der Waals surface area contributed by atoms with Crippen LogP contribution in [0.15, 0.2) is 36.4 Å². The molecule has 6 nitrogen and oxygen atoms in total. The molecule has 184 valence electrons. The fraction of sp³-hybridized carbons (Fsp3) is 0.607. The number of carbonyl (C=O) groups excluding carboxylic acids is 2. The lowest BCUT2D eigenvalue weighted by molar-refractivity contribution is -0.142. The molecular formula is C28H34N4O2S. The first-order valence-electron chi connectivity index (χ1n) is 13.5. The zero-order valence-electron chi connectivity index (χ0n) is 20.2. The molecule has 7 heteroatoms. The van der Waals surface area contributed by atoms with E-state index in [1.54, 1.807) is 16.4 Å². The van der Waals surface area contributed by atoms with Gasteiger partial charge in [-0.2, -0.15) is 4.37 Å². The SMILES string of the molecule is O=C1[C@@H]2[C@H](C(=O)N1C[C@@H]1CCCC[C@H]1CN1CCN(c3nsc4ccccc34)CC1)[C@@H]1C=C[C@H]2C1. The molecular weight excluding hydrogens is 456 g/mol. The van der Waals surface area contributed by atoms with E-state index < -0.39 is 0 Å². The molecule has 2 aromatic rings. The average molecular weight is 491 g/mol. The Hall–Kier alpha value is -2.25. The average Bonchev–Trinajstić information content (AvgIpc) is 3.66. The first-order valence-corrected chi connectivity index (χ1v) is 14.3. The number of hydrogen-bond acceptors (Lipinski definition) is 6. The molecule has 3 heterocycles. The number of carbonyl (C=O) groups is 2. The molecule has 2 bridgehead atoms. The van der Waals surface area contributed by atoms with E-state index in [4.69, 9.17) is 4.37 Å². The Bertz CT molecular complexity index is 1140. The molecule has 3 aliphatic carbocycles. The van der Waals surface area contributed by atoms with Crippen molar-refractivity contribution in [2.75, 3.05) is 44.2 Å². The van der Waals surface area contributed by atoms with Gasteiger partial charge < -0.3 is 4.90 Å². The summed E-state index contributed by atoms with van der Waals surface area (Å²) in [6.45, 7) is 5.86. The lowest BCUT2D eigenvalue weighted by atomic mass is 9.78. The van der Waals surface area contributed by atoms with Gasteiger partial charge in [0.05, 0.1) is 16.5 Å². The summed E-state index contributed by atoms with van der Waals surface area (Å²) >= 11 is 1.59. The molecule has 0 N–H and O–H groups in total. The van der Waals surface area contributed by atoms with Gasteiger partial charge in [-0.3, -0.25) is 19.4 Å². The molecule has 7 rings (SSSR count). The van der Waals surface area contributed by atoms with Gasteiger partial charge in [0.1, 0.15) is 5.82 Å². The summed E-state index contributed by atoms with van der Waals surface area (Å²) in [7, 11) is 0. The monoisotopic (exact) mass is 490 g/mol. The number of benzene rings is 1. The first-order chi connectivity index (χ1) is 17.2. The number of likely N-dealkylation sites (tertiary alicyclic amines) is 1. The van der Waals surface area contributed by atoms with E-state index in [1.807, 2.05) is 0 Å². The van der Waals surface area contributed by atoms with E-state index in [0.717, 1.165) is 51.4 Å². The Morgan fingerprint density at radius 2 is 1.51 bits per heavy atom. The third-order valence-electron chi connectivity index (χ3n) is 9.57. The van der Waals surface area contributed by atoms with Crippen LogP contribution in [0, 0.1) is 35.5 Å². The van der Waals surface area contributed by atoms with E-state index in [-0.39, 0.29) is 23.7 Å². The van der Waals surface area contributed by atoms with Crippen molar-refractivity contribution in [1.29, 1.82) is 0 Å². The van der Waals surface area contributed by atoms with Gasteiger partial charge in [0.2, 0.25) is 11.8 Å². The van der Waals surface area contributed by atoms with E-state index >= 15 is 0 Å². The summed E-state index contributed by atoms with van der Waals surface area (Å²) in [5.41, 5.74) is 0. The number of amides is 2. The number of rotatable bonds is 5. The van der Waals surface area contributed by atoms with Gasteiger partial charge in [-0.1, -0.05) is 37.1 Å². The Labute approximate surface area is 211 Å². The van der Waals surface area contributed by atoms with E-state index in [2.05, 4.69) is 46.2 Å². The summed E-state index contributed by atoms with van der Waals surface area (Å²) in [6.07, 6.45) is 10.3. The van der Waals surface area contributed by atoms with Gasteiger partial charge in [-0.05, 0) is 66.6 Å². The third-order valence-corrected chi connectivity index (χ3v) is 10.4. The van der Waals surface area contributed by atoms with Crippen LogP contribution in [0.25, 0.3) is 10.1 Å². The van der Waals surface area contributed by atoms with Crippen molar-refractivity contribution in [3.8, 4) is 0 Å². The molecule has 2 amide bonds. The van der Waals surface area contributed by atoms with Crippen LogP contribution < -0.4 is 4.90 Å². The highest BCUT2D eigenvalue weighted by atomic mass is 32.1. The fourth-order valence-corrected chi connectivity index (χ4v) is 8.51. The van der Waals surface area contributed by atoms with Gasteiger partial charge in [0, 0.05) is 44.7 Å². The van der Waals surface area contributed by atoms with Crippen molar-refractivity contribution in [2.24, 2.45) is 35.5 Å². The van der Waals surface area contributed by atoms with Gasteiger partial charge in [-0.25, -0.2) is 0 Å². The maximum atomic E-state index is 13.2. The second-order valence-corrected chi connectivity index (χ2v) is 12.2. The fourth-order valence-electron chi connectivity index (χ4n) is 7.72. The van der Waals surface area contributed by atoms with Gasteiger partial charge in [-0.15, -0.1) is 0 Å². The zero-order valence-corrected chi connectivity index (χ0v) is 21.0. The van der Waals surface area contributed by atoms with E-state index in [1.165, 1.54) is 29.3 Å². The van der Waals surface area contributed by atoms with Gasteiger partial charge in [0.25, 0.3) is 0 Å².